The number of rotatable bonds is 4. The van der Waals surface area contributed by atoms with Crippen LogP contribution in [0.15, 0.2) is 29.1 Å². The lowest BCUT2D eigenvalue weighted by molar-refractivity contribution is 0.149. The largest absolute Gasteiger partial charge is 0.480 e. The predicted octanol–water partition coefficient (Wildman–Crippen LogP) is 1.00. The molecule has 1 saturated heterocycles. The van der Waals surface area contributed by atoms with Gasteiger partial charge in [0.15, 0.2) is 11.0 Å². The molecule has 0 N–H and O–H groups in total. The summed E-state index contributed by atoms with van der Waals surface area (Å²) in [4.78, 5) is 12.9. The number of benzene rings is 1. The van der Waals surface area contributed by atoms with Gasteiger partial charge in [0.25, 0.3) is 5.56 Å². The Hall–Kier alpha value is -2.81. The van der Waals surface area contributed by atoms with Crippen LogP contribution in [-0.4, -0.2) is 45.1 Å². The highest BCUT2D eigenvalue weighted by molar-refractivity contribution is 5.78. The number of aromatic nitrogens is 5. The van der Waals surface area contributed by atoms with Crippen LogP contribution in [0.25, 0.3) is 11.0 Å². The highest BCUT2D eigenvalue weighted by atomic mass is 19.1. The van der Waals surface area contributed by atoms with E-state index in [-0.39, 0.29) is 35.0 Å². The minimum Gasteiger partial charge on any atom is -0.480 e. The summed E-state index contributed by atoms with van der Waals surface area (Å²) in [5.74, 6) is 0.589. The fourth-order valence-electron chi connectivity index (χ4n) is 3.78. The Morgan fingerprint density at radius 1 is 1.27 bits per heavy atom. The van der Waals surface area contributed by atoms with Gasteiger partial charge in [-0.1, -0.05) is 23.4 Å². The van der Waals surface area contributed by atoms with E-state index in [4.69, 9.17) is 9.47 Å². The van der Waals surface area contributed by atoms with Gasteiger partial charge in [-0.2, -0.15) is 5.10 Å². The second kappa shape index (κ2) is 5.60. The molecular formula is C17H16FN5O3. The molecule has 134 valence electrons. The standard InChI is InChI=1S/C17H16FN5O3/c1-25-17-14-13(20-22(17)6-9-4-2-3-5-12(9)18)16(24)23(21-19-14)15-10-7-26-8-11(10)15/h2-5,10-11,15H,6-8H2,1H3/t10-,11+,15?. The zero-order chi connectivity index (χ0) is 17.8. The van der Waals surface area contributed by atoms with Gasteiger partial charge < -0.3 is 9.47 Å². The molecule has 3 aromatic rings. The second-order valence-corrected chi connectivity index (χ2v) is 6.65. The third kappa shape index (κ3) is 2.16. The zero-order valence-corrected chi connectivity index (χ0v) is 14.0. The van der Waals surface area contributed by atoms with Gasteiger partial charge in [0.05, 0.1) is 32.9 Å². The van der Waals surface area contributed by atoms with Crippen LogP contribution in [0.1, 0.15) is 11.6 Å². The van der Waals surface area contributed by atoms with E-state index in [2.05, 4.69) is 15.4 Å². The molecule has 9 heteroatoms. The van der Waals surface area contributed by atoms with Crippen molar-refractivity contribution in [2.24, 2.45) is 11.8 Å². The van der Waals surface area contributed by atoms with Crippen molar-refractivity contribution in [3.8, 4) is 5.88 Å². The molecule has 8 nitrogen and oxygen atoms in total. The molecule has 1 aliphatic heterocycles. The van der Waals surface area contributed by atoms with Gasteiger partial charge >= 0.3 is 0 Å². The summed E-state index contributed by atoms with van der Waals surface area (Å²) in [7, 11) is 1.46. The average Bonchev–Trinajstić information content (AvgIpc) is 2.98. The van der Waals surface area contributed by atoms with Crippen LogP contribution in [0.2, 0.25) is 0 Å². The summed E-state index contributed by atoms with van der Waals surface area (Å²) in [6.07, 6.45) is 0. The minimum absolute atomic E-state index is 0.0239. The maximum absolute atomic E-state index is 14.0. The Kier molecular flexibility index (Phi) is 3.33. The van der Waals surface area contributed by atoms with Crippen LogP contribution in [0.5, 0.6) is 5.88 Å². The van der Waals surface area contributed by atoms with E-state index >= 15 is 0 Å². The summed E-state index contributed by atoms with van der Waals surface area (Å²) < 4.78 is 27.5. The Morgan fingerprint density at radius 3 is 2.77 bits per heavy atom. The molecule has 5 rings (SSSR count). The SMILES string of the molecule is COc1c2nnn(C3[C@H]4COC[C@@H]34)c(=O)c2nn1Cc1ccccc1F. The van der Waals surface area contributed by atoms with Crippen LogP contribution < -0.4 is 10.3 Å². The first-order valence-corrected chi connectivity index (χ1v) is 8.40. The molecule has 1 unspecified atom stereocenters. The van der Waals surface area contributed by atoms with E-state index in [1.807, 2.05) is 0 Å². The van der Waals surface area contributed by atoms with Crippen molar-refractivity contribution in [2.45, 2.75) is 12.6 Å². The Balaban J connectivity index is 1.58. The third-order valence-electron chi connectivity index (χ3n) is 5.19. The van der Waals surface area contributed by atoms with Crippen molar-refractivity contribution in [1.82, 2.24) is 24.8 Å². The van der Waals surface area contributed by atoms with Gasteiger partial charge in [0, 0.05) is 17.4 Å². The van der Waals surface area contributed by atoms with Crippen LogP contribution in [0, 0.1) is 17.7 Å². The molecule has 1 saturated carbocycles. The summed E-state index contributed by atoms with van der Waals surface area (Å²) in [5, 5.41) is 12.6. The molecule has 0 spiro atoms. The molecule has 1 aliphatic carbocycles. The number of methoxy groups -OCH3 is 1. The predicted molar refractivity (Wildman–Crippen MR) is 88.5 cm³/mol. The van der Waals surface area contributed by atoms with Gasteiger partial charge in [-0.25, -0.2) is 13.8 Å². The summed E-state index contributed by atoms with van der Waals surface area (Å²) in [6.45, 7) is 1.42. The third-order valence-corrected chi connectivity index (χ3v) is 5.19. The molecule has 2 aromatic heterocycles. The second-order valence-electron chi connectivity index (χ2n) is 6.65. The van der Waals surface area contributed by atoms with Gasteiger partial charge in [-0.3, -0.25) is 4.79 Å². The monoisotopic (exact) mass is 357 g/mol. The first-order chi connectivity index (χ1) is 12.7. The highest BCUT2D eigenvalue weighted by Crippen LogP contribution is 2.53. The Labute approximate surface area is 147 Å². The van der Waals surface area contributed by atoms with Crippen molar-refractivity contribution in [3.05, 3.63) is 46.0 Å². The van der Waals surface area contributed by atoms with Crippen LogP contribution >= 0.6 is 0 Å². The molecular weight excluding hydrogens is 341 g/mol. The molecule has 0 bridgehead atoms. The normalized spacial score (nSPS) is 24.0. The van der Waals surface area contributed by atoms with Crippen LogP contribution in [0.3, 0.4) is 0 Å². The Morgan fingerprint density at radius 2 is 2.04 bits per heavy atom. The summed E-state index contributed by atoms with van der Waals surface area (Å²) in [6, 6.07) is 6.43. The molecule has 3 atom stereocenters. The van der Waals surface area contributed by atoms with Gasteiger partial charge in [0.2, 0.25) is 5.88 Å². The maximum Gasteiger partial charge on any atom is 0.298 e. The van der Waals surface area contributed by atoms with E-state index < -0.39 is 0 Å². The van der Waals surface area contributed by atoms with Crippen molar-refractivity contribution in [2.75, 3.05) is 20.3 Å². The lowest BCUT2D eigenvalue weighted by Gasteiger charge is -2.06. The number of ether oxygens (including phenoxy) is 2. The minimum atomic E-state index is -0.344. The number of halogens is 1. The molecule has 0 radical (unpaired) electrons. The van der Waals surface area contributed by atoms with E-state index in [1.165, 1.54) is 22.5 Å². The first kappa shape index (κ1) is 15.4. The molecule has 26 heavy (non-hydrogen) atoms. The maximum atomic E-state index is 14.0. The summed E-state index contributed by atoms with van der Waals surface area (Å²) >= 11 is 0. The molecule has 3 heterocycles. The molecule has 0 amide bonds. The number of hydrogen-bond acceptors (Lipinski definition) is 6. The van der Waals surface area contributed by atoms with Crippen LogP contribution in [0.4, 0.5) is 4.39 Å². The smallest absolute Gasteiger partial charge is 0.298 e. The van der Waals surface area contributed by atoms with E-state index in [0.717, 1.165) is 0 Å². The van der Waals surface area contributed by atoms with Crippen LogP contribution in [-0.2, 0) is 11.3 Å². The average molecular weight is 357 g/mol. The molecule has 2 aliphatic rings. The van der Waals surface area contributed by atoms with Gasteiger partial charge in [-0.15, -0.1) is 5.10 Å². The first-order valence-electron chi connectivity index (χ1n) is 8.40. The van der Waals surface area contributed by atoms with Crippen molar-refractivity contribution < 1.29 is 13.9 Å². The quantitative estimate of drug-likeness (QED) is 0.693. The van der Waals surface area contributed by atoms with Gasteiger partial charge in [-0.05, 0) is 6.07 Å². The number of nitrogens with zero attached hydrogens (tertiary/aromatic N) is 5. The zero-order valence-electron chi connectivity index (χ0n) is 14.0. The lowest BCUT2D eigenvalue weighted by Crippen LogP contribution is -2.26. The van der Waals surface area contributed by atoms with E-state index in [1.54, 1.807) is 18.2 Å². The number of fused-ring (bicyclic) bond motifs is 2. The van der Waals surface area contributed by atoms with Gasteiger partial charge in [0.1, 0.15) is 5.82 Å². The number of hydrogen-bond donors (Lipinski definition) is 0. The lowest BCUT2D eigenvalue weighted by atomic mass is 10.2. The summed E-state index contributed by atoms with van der Waals surface area (Å²) in [5.41, 5.74) is 0.604. The fraction of sp³-hybridized carbons (Fsp3) is 0.412. The Bertz CT molecular complexity index is 1050. The fourth-order valence-corrected chi connectivity index (χ4v) is 3.78. The highest BCUT2D eigenvalue weighted by Gasteiger charge is 2.56. The van der Waals surface area contributed by atoms with Crippen molar-refractivity contribution in [1.29, 1.82) is 0 Å². The van der Waals surface area contributed by atoms with E-state index in [9.17, 15) is 9.18 Å². The van der Waals surface area contributed by atoms with E-state index in [0.29, 0.717) is 36.5 Å². The topological polar surface area (TPSA) is 84.1 Å². The molecule has 2 fully saturated rings. The molecule has 1 aromatic carbocycles. The van der Waals surface area contributed by atoms with Crippen molar-refractivity contribution in [3.63, 3.8) is 0 Å². The van der Waals surface area contributed by atoms with Crippen molar-refractivity contribution >= 4 is 11.0 Å².